The molecule has 1 aromatic rings. The average molecular weight is 305 g/mol. The van der Waals surface area contributed by atoms with Crippen LogP contribution in [0.25, 0.3) is 0 Å². The Kier molecular flexibility index (Phi) is 4.57. The van der Waals surface area contributed by atoms with Crippen molar-refractivity contribution in [2.75, 3.05) is 6.61 Å². The predicted octanol–water partition coefficient (Wildman–Crippen LogP) is -1.48. The fraction of sp³-hybridized carbons (Fsp3) is 0.636. The Labute approximate surface area is 116 Å². The molecular weight excluding hydrogens is 286 g/mol. The minimum atomic E-state index is -4.09. The number of sulfonamides is 1. The number of aryl methyl sites for hydroxylation is 1. The van der Waals surface area contributed by atoms with E-state index in [-0.39, 0.29) is 13.0 Å². The molecule has 0 bridgehead atoms. The van der Waals surface area contributed by atoms with Gasteiger partial charge in [-0.05, 0) is 20.3 Å². The maximum absolute atomic E-state index is 12.2. The highest BCUT2D eigenvalue weighted by Gasteiger charge is 2.28. The third kappa shape index (κ3) is 3.35. The lowest BCUT2D eigenvalue weighted by molar-refractivity contribution is 0.245. The molecule has 1 aromatic heterocycles. The Morgan fingerprint density at radius 2 is 1.85 bits per heavy atom. The van der Waals surface area contributed by atoms with Crippen LogP contribution >= 0.6 is 0 Å². The van der Waals surface area contributed by atoms with E-state index in [1.54, 1.807) is 13.8 Å². The van der Waals surface area contributed by atoms with Crippen LogP contribution in [0.3, 0.4) is 0 Å². The maximum Gasteiger partial charge on any atom is 0.330 e. The van der Waals surface area contributed by atoms with E-state index in [2.05, 4.69) is 4.72 Å². The first-order valence-corrected chi connectivity index (χ1v) is 7.41. The van der Waals surface area contributed by atoms with Crippen LogP contribution in [0, 0.1) is 0 Å². The summed E-state index contributed by atoms with van der Waals surface area (Å²) in [5.74, 6) is 0. The van der Waals surface area contributed by atoms with Gasteiger partial charge in [-0.2, -0.15) is 0 Å². The highest BCUT2D eigenvalue weighted by Crippen LogP contribution is 2.12. The fourth-order valence-electron chi connectivity index (χ4n) is 1.71. The second-order valence-corrected chi connectivity index (χ2v) is 6.86. The largest absolute Gasteiger partial charge is 0.396 e. The fourth-order valence-corrected chi connectivity index (χ4v) is 3.31. The minimum Gasteiger partial charge on any atom is -0.396 e. The highest BCUT2D eigenvalue weighted by molar-refractivity contribution is 7.89. The van der Waals surface area contributed by atoms with Gasteiger partial charge in [0.1, 0.15) is 0 Å². The van der Waals surface area contributed by atoms with Crippen molar-refractivity contribution in [3.05, 3.63) is 27.0 Å². The third-order valence-electron chi connectivity index (χ3n) is 2.85. The lowest BCUT2D eigenvalue weighted by Crippen LogP contribution is -2.47. The minimum absolute atomic E-state index is 0.193. The molecule has 9 heteroatoms. The van der Waals surface area contributed by atoms with Crippen molar-refractivity contribution in [3.63, 3.8) is 0 Å². The Bertz CT molecular complexity index is 715. The van der Waals surface area contributed by atoms with Gasteiger partial charge in [-0.25, -0.2) is 17.9 Å². The van der Waals surface area contributed by atoms with Crippen molar-refractivity contribution in [3.8, 4) is 0 Å². The first kappa shape index (κ1) is 16.6. The van der Waals surface area contributed by atoms with Crippen molar-refractivity contribution in [1.29, 1.82) is 0 Å². The Hall–Kier alpha value is -1.45. The molecule has 0 aromatic carbocycles. The van der Waals surface area contributed by atoms with Gasteiger partial charge in [-0.1, -0.05) is 0 Å². The maximum atomic E-state index is 12.2. The zero-order valence-electron chi connectivity index (χ0n) is 11.9. The summed E-state index contributed by atoms with van der Waals surface area (Å²) in [5, 5.41) is 8.90. The van der Waals surface area contributed by atoms with Crippen molar-refractivity contribution in [2.24, 2.45) is 14.1 Å². The molecule has 0 amide bonds. The number of hydrogen-bond acceptors (Lipinski definition) is 5. The molecule has 20 heavy (non-hydrogen) atoms. The molecule has 0 aliphatic carbocycles. The molecule has 1 rings (SSSR count). The van der Waals surface area contributed by atoms with Gasteiger partial charge in [0.15, 0.2) is 4.90 Å². The second kappa shape index (κ2) is 5.51. The molecule has 0 spiro atoms. The van der Waals surface area contributed by atoms with Crippen LogP contribution in [0.1, 0.15) is 20.3 Å². The number of hydrogen-bond donors (Lipinski definition) is 2. The summed E-state index contributed by atoms with van der Waals surface area (Å²) in [6.45, 7) is 2.99. The molecule has 0 aliphatic heterocycles. The van der Waals surface area contributed by atoms with Crippen LogP contribution in [0.4, 0.5) is 0 Å². The zero-order chi connectivity index (χ0) is 15.7. The SMILES string of the molecule is Cn1cc(S(=O)(=O)NC(C)(C)CCO)c(=O)n(C)c1=O. The van der Waals surface area contributed by atoms with Crippen LogP contribution in [-0.2, 0) is 24.1 Å². The van der Waals surface area contributed by atoms with E-state index in [1.165, 1.54) is 14.1 Å². The molecule has 114 valence electrons. The van der Waals surface area contributed by atoms with Gasteiger partial charge in [0.2, 0.25) is 10.0 Å². The summed E-state index contributed by atoms with van der Waals surface area (Å²) in [7, 11) is -1.52. The summed E-state index contributed by atoms with van der Waals surface area (Å²) in [5.41, 5.74) is -2.41. The van der Waals surface area contributed by atoms with E-state index in [1.807, 2.05) is 0 Å². The lowest BCUT2D eigenvalue weighted by atomic mass is 10.0. The predicted molar refractivity (Wildman–Crippen MR) is 73.0 cm³/mol. The number of rotatable bonds is 5. The molecular formula is C11H19N3O5S. The monoisotopic (exact) mass is 305 g/mol. The van der Waals surface area contributed by atoms with E-state index in [9.17, 15) is 18.0 Å². The van der Waals surface area contributed by atoms with Crippen molar-refractivity contribution >= 4 is 10.0 Å². The summed E-state index contributed by atoms with van der Waals surface area (Å²) in [4.78, 5) is 22.9. The molecule has 8 nitrogen and oxygen atoms in total. The van der Waals surface area contributed by atoms with E-state index in [0.717, 1.165) is 15.3 Å². The van der Waals surface area contributed by atoms with Crippen LogP contribution in [0.5, 0.6) is 0 Å². The van der Waals surface area contributed by atoms with Crippen molar-refractivity contribution < 1.29 is 13.5 Å². The van der Waals surface area contributed by atoms with E-state index in [0.29, 0.717) is 0 Å². The summed E-state index contributed by atoms with van der Waals surface area (Å²) < 4.78 is 28.6. The van der Waals surface area contributed by atoms with Gasteiger partial charge in [-0.15, -0.1) is 0 Å². The highest BCUT2D eigenvalue weighted by atomic mass is 32.2. The molecule has 0 radical (unpaired) electrons. The standard InChI is InChI=1S/C11H19N3O5S/c1-11(2,5-6-15)12-20(18,19)8-7-13(3)10(17)14(4)9(8)16/h7,12,15H,5-6H2,1-4H3. The molecule has 2 N–H and O–H groups in total. The Morgan fingerprint density at radius 3 is 2.35 bits per heavy atom. The molecule has 0 atom stereocenters. The van der Waals surface area contributed by atoms with Crippen molar-refractivity contribution in [1.82, 2.24) is 13.9 Å². The van der Waals surface area contributed by atoms with Crippen LogP contribution in [0.15, 0.2) is 20.7 Å². The second-order valence-electron chi connectivity index (χ2n) is 5.21. The topological polar surface area (TPSA) is 110 Å². The number of aliphatic hydroxyl groups excluding tert-OH is 1. The first-order chi connectivity index (χ1) is 9.02. The van der Waals surface area contributed by atoms with Crippen molar-refractivity contribution in [2.45, 2.75) is 30.7 Å². The van der Waals surface area contributed by atoms with Gasteiger partial charge in [0, 0.05) is 32.4 Å². The van der Waals surface area contributed by atoms with Gasteiger partial charge in [0.05, 0.1) is 0 Å². The zero-order valence-corrected chi connectivity index (χ0v) is 12.7. The van der Waals surface area contributed by atoms with E-state index in [4.69, 9.17) is 5.11 Å². The summed E-state index contributed by atoms with van der Waals surface area (Å²) >= 11 is 0. The number of aromatic nitrogens is 2. The first-order valence-electron chi connectivity index (χ1n) is 5.93. The quantitative estimate of drug-likeness (QED) is 0.689. The molecule has 0 fully saturated rings. The van der Waals surface area contributed by atoms with Crippen LogP contribution in [0.2, 0.25) is 0 Å². The third-order valence-corrected chi connectivity index (χ3v) is 4.53. The Balaban J connectivity index is 3.38. The smallest absolute Gasteiger partial charge is 0.330 e. The summed E-state index contributed by atoms with van der Waals surface area (Å²) in [6, 6.07) is 0. The molecule has 0 saturated heterocycles. The molecule has 0 saturated carbocycles. The molecule has 0 unspecified atom stereocenters. The number of aliphatic hydroxyl groups is 1. The Morgan fingerprint density at radius 1 is 1.30 bits per heavy atom. The van der Waals surface area contributed by atoms with E-state index >= 15 is 0 Å². The lowest BCUT2D eigenvalue weighted by Gasteiger charge is -2.24. The van der Waals surface area contributed by atoms with Crippen LogP contribution in [-0.4, -0.2) is 34.8 Å². The van der Waals surface area contributed by atoms with Crippen LogP contribution < -0.4 is 16.0 Å². The summed E-state index contributed by atoms with van der Waals surface area (Å²) in [6.07, 6.45) is 1.18. The number of nitrogens with zero attached hydrogens (tertiary/aromatic N) is 2. The molecule has 0 aliphatic rings. The number of nitrogens with one attached hydrogen (secondary N) is 1. The van der Waals surface area contributed by atoms with Gasteiger partial charge in [0.25, 0.3) is 5.56 Å². The normalized spacial score (nSPS) is 12.7. The van der Waals surface area contributed by atoms with Gasteiger partial charge < -0.3 is 9.67 Å². The molecule has 1 heterocycles. The van der Waals surface area contributed by atoms with Gasteiger partial charge >= 0.3 is 5.69 Å². The van der Waals surface area contributed by atoms with E-state index < -0.39 is 31.7 Å². The van der Waals surface area contributed by atoms with Gasteiger partial charge in [-0.3, -0.25) is 9.36 Å². The average Bonchev–Trinajstić information content (AvgIpc) is 2.29.